The Morgan fingerprint density at radius 1 is 1.00 bits per heavy atom. The molecule has 1 saturated carbocycles. The molecule has 3 aliphatic rings. The van der Waals surface area contributed by atoms with Crippen molar-refractivity contribution in [3.05, 3.63) is 29.6 Å². The number of nitrogens with zero attached hydrogens (tertiary/aromatic N) is 5. The number of piperazine rings is 1. The van der Waals surface area contributed by atoms with Gasteiger partial charge in [0, 0.05) is 56.9 Å². The molecule has 2 aromatic rings. The van der Waals surface area contributed by atoms with Gasteiger partial charge in [-0.2, -0.15) is 0 Å². The highest BCUT2D eigenvalue weighted by Gasteiger charge is 2.30. The van der Waals surface area contributed by atoms with E-state index in [9.17, 15) is 4.79 Å². The molecule has 4 heterocycles. The number of hydrogen-bond acceptors (Lipinski definition) is 6. The van der Waals surface area contributed by atoms with E-state index in [2.05, 4.69) is 39.9 Å². The summed E-state index contributed by atoms with van der Waals surface area (Å²) in [4.78, 5) is 32.7. The number of hydrogen-bond donors (Lipinski definition) is 1. The Balaban J connectivity index is 1.16. The van der Waals surface area contributed by atoms with E-state index < -0.39 is 5.60 Å². The lowest BCUT2D eigenvalue weighted by Gasteiger charge is -2.39. The molecule has 8 nitrogen and oxygen atoms in total. The number of aromatic nitrogens is 3. The van der Waals surface area contributed by atoms with Crippen LogP contribution in [0.2, 0.25) is 0 Å². The van der Waals surface area contributed by atoms with Gasteiger partial charge in [-0.3, -0.25) is 4.90 Å². The molecule has 1 unspecified atom stereocenters. The fourth-order valence-electron chi connectivity index (χ4n) is 5.35. The number of imidazole rings is 1. The van der Waals surface area contributed by atoms with Crippen LogP contribution in [-0.4, -0.2) is 81.8 Å². The first kappa shape index (κ1) is 24.1. The molecule has 3 fully saturated rings. The number of carbonyl (C=O) groups is 1. The molecule has 1 N–H and O–H groups in total. The number of aryl methyl sites for hydroxylation is 1. The number of pyridine rings is 1. The molecule has 1 amide bonds. The normalized spacial score (nSPS) is 22.2. The maximum absolute atomic E-state index is 12.5. The zero-order valence-electron chi connectivity index (χ0n) is 21.7. The van der Waals surface area contributed by atoms with Crippen molar-refractivity contribution in [2.24, 2.45) is 0 Å². The highest BCUT2D eigenvalue weighted by molar-refractivity contribution is 5.68. The molecular weight excluding hydrogens is 440 g/mol. The maximum atomic E-state index is 12.5. The van der Waals surface area contributed by atoms with Crippen LogP contribution < -0.4 is 4.90 Å². The molecule has 2 aliphatic heterocycles. The predicted molar refractivity (Wildman–Crippen MR) is 138 cm³/mol. The van der Waals surface area contributed by atoms with Crippen LogP contribution in [0.3, 0.4) is 0 Å². The standard InChI is InChI=1S/C27H40N6O2/c1-19-24(20-10-11-20)30-25(28-19)22-8-5-9-23(29-22)32-17-15-31(16-18-32)21-7-6-13-33(14-12-21)26(34)35-27(2,3)4/h5,8-9,20-21H,6-7,10-18H2,1-4H3,(H,28,30). The molecule has 1 aliphatic carbocycles. The van der Waals surface area contributed by atoms with Gasteiger partial charge in [0.15, 0.2) is 5.82 Å². The number of nitrogens with one attached hydrogen (secondary N) is 1. The fraction of sp³-hybridized carbons (Fsp3) is 0.667. The van der Waals surface area contributed by atoms with Crippen LogP contribution in [0.5, 0.6) is 0 Å². The van der Waals surface area contributed by atoms with Crippen LogP contribution >= 0.6 is 0 Å². The first-order chi connectivity index (χ1) is 16.8. The van der Waals surface area contributed by atoms with Crippen molar-refractivity contribution in [3.8, 4) is 11.5 Å². The third kappa shape index (κ3) is 5.80. The highest BCUT2D eigenvalue weighted by Crippen LogP contribution is 2.41. The van der Waals surface area contributed by atoms with Crippen molar-refractivity contribution in [1.29, 1.82) is 0 Å². The number of carbonyl (C=O) groups excluding carboxylic acids is 1. The average molecular weight is 481 g/mol. The van der Waals surface area contributed by atoms with E-state index in [4.69, 9.17) is 14.7 Å². The lowest BCUT2D eigenvalue weighted by molar-refractivity contribution is 0.0252. The molecule has 5 rings (SSSR count). The van der Waals surface area contributed by atoms with E-state index in [0.717, 1.165) is 75.9 Å². The minimum atomic E-state index is -0.445. The summed E-state index contributed by atoms with van der Waals surface area (Å²) in [6.45, 7) is 13.4. The van der Waals surface area contributed by atoms with Crippen LogP contribution in [0.15, 0.2) is 18.2 Å². The van der Waals surface area contributed by atoms with Crippen LogP contribution in [0, 0.1) is 6.92 Å². The van der Waals surface area contributed by atoms with Crippen LogP contribution in [0.1, 0.15) is 70.2 Å². The smallest absolute Gasteiger partial charge is 0.410 e. The Bertz CT molecular complexity index is 1030. The number of anilines is 1. The van der Waals surface area contributed by atoms with E-state index in [-0.39, 0.29) is 6.09 Å². The summed E-state index contributed by atoms with van der Waals surface area (Å²) in [7, 11) is 0. The minimum absolute atomic E-state index is 0.176. The number of amides is 1. The second-order valence-electron chi connectivity index (χ2n) is 11.3. The Labute approximate surface area is 209 Å². The molecular formula is C27H40N6O2. The van der Waals surface area contributed by atoms with Crippen LogP contribution in [0.4, 0.5) is 10.6 Å². The first-order valence-corrected chi connectivity index (χ1v) is 13.3. The average Bonchev–Trinajstić information content (AvgIpc) is 3.63. The summed E-state index contributed by atoms with van der Waals surface area (Å²) in [5.74, 6) is 2.55. The molecule has 2 saturated heterocycles. The van der Waals surface area contributed by atoms with E-state index in [1.807, 2.05) is 25.7 Å². The SMILES string of the molecule is Cc1[nH]c(-c2cccc(N3CCN(C4CCCN(C(=O)OC(C)(C)C)CC4)CC3)n2)nc1C1CC1. The monoisotopic (exact) mass is 480 g/mol. The first-order valence-electron chi connectivity index (χ1n) is 13.3. The van der Waals surface area contributed by atoms with Crippen molar-refractivity contribution in [3.63, 3.8) is 0 Å². The summed E-state index contributed by atoms with van der Waals surface area (Å²) >= 11 is 0. The van der Waals surface area contributed by atoms with Gasteiger partial charge in [-0.25, -0.2) is 14.8 Å². The zero-order chi connectivity index (χ0) is 24.6. The van der Waals surface area contributed by atoms with Crippen molar-refractivity contribution < 1.29 is 9.53 Å². The van der Waals surface area contributed by atoms with Gasteiger partial charge in [-0.05, 0) is 71.9 Å². The summed E-state index contributed by atoms with van der Waals surface area (Å²) in [5, 5.41) is 0. The summed E-state index contributed by atoms with van der Waals surface area (Å²) in [6, 6.07) is 6.78. The molecule has 0 bridgehead atoms. The van der Waals surface area contributed by atoms with Crippen LogP contribution in [-0.2, 0) is 4.74 Å². The largest absolute Gasteiger partial charge is 0.444 e. The van der Waals surface area contributed by atoms with Gasteiger partial charge in [0.1, 0.15) is 17.1 Å². The quantitative estimate of drug-likeness (QED) is 0.691. The molecule has 8 heteroatoms. The van der Waals surface area contributed by atoms with Gasteiger partial charge in [-0.1, -0.05) is 6.07 Å². The Morgan fingerprint density at radius 3 is 2.49 bits per heavy atom. The molecule has 190 valence electrons. The van der Waals surface area contributed by atoms with Crippen LogP contribution in [0.25, 0.3) is 11.5 Å². The second-order valence-corrected chi connectivity index (χ2v) is 11.3. The minimum Gasteiger partial charge on any atom is -0.444 e. The van der Waals surface area contributed by atoms with Gasteiger partial charge >= 0.3 is 6.09 Å². The van der Waals surface area contributed by atoms with Crippen molar-refractivity contribution in [2.45, 2.75) is 77.4 Å². The molecule has 0 aromatic carbocycles. The molecule has 0 radical (unpaired) electrons. The second kappa shape index (κ2) is 9.80. The Hall–Kier alpha value is -2.61. The molecule has 2 aromatic heterocycles. The van der Waals surface area contributed by atoms with E-state index >= 15 is 0 Å². The fourth-order valence-corrected chi connectivity index (χ4v) is 5.35. The van der Waals surface area contributed by atoms with E-state index in [1.165, 1.54) is 24.2 Å². The third-order valence-corrected chi connectivity index (χ3v) is 7.37. The summed E-state index contributed by atoms with van der Waals surface area (Å²) in [6.07, 6.45) is 5.50. The number of aromatic amines is 1. The van der Waals surface area contributed by atoms with Gasteiger partial charge in [-0.15, -0.1) is 0 Å². The van der Waals surface area contributed by atoms with Crippen molar-refractivity contribution in [1.82, 2.24) is 24.8 Å². The Morgan fingerprint density at radius 2 is 1.77 bits per heavy atom. The number of H-pyrrole nitrogens is 1. The van der Waals surface area contributed by atoms with Crippen molar-refractivity contribution in [2.75, 3.05) is 44.2 Å². The number of ether oxygens (including phenoxy) is 1. The van der Waals surface area contributed by atoms with Crippen molar-refractivity contribution >= 4 is 11.9 Å². The molecule has 35 heavy (non-hydrogen) atoms. The van der Waals surface area contributed by atoms with Gasteiger partial charge < -0.3 is 19.5 Å². The molecule has 0 spiro atoms. The summed E-state index contributed by atoms with van der Waals surface area (Å²) in [5.41, 5.74) is 2.87. The summed E-state index contributed by atoms with van der Waals surface area (Å²) < 4.78 is 5.59. The Kier molecular flexibility index (Phi) is 6.75. The predicted octanol–water partition coefficient (Wildman–Crippen LogP) is 4.57. The van der Waals surface area contributed by atoms with Gasteiger partial charge in [0.25, 0.3) is 0 Å². The maximum Gasteiger partial charge on any atom is 0.410 e. The van der Waals surface area contributed by atoms with Gasteiger partial charge in [0.2, 0.25) is 0 Å². The molecule has 1 atom stereocenters. The topological polar surface area (TPSA) is 77.6 Å². The lowest BCUT2D eigenvalue weighted by atomic mass is 10.1. The van der Waals surface area contributed by atoms with Gasteiger partial charge in [0.05, 0.1) is 5.69 Å². The number of likely N-dealkylation sites (tertiary alicyclic amines) is 1. The highest BCUT2D eigenvalue weighted by atomic mass is 16.6. The lowest BCUT2D eigenvalue weighted by Crippen LogP contribution is -2.50. The zero-order valence-corrected chi connectivity index (χ0v) is 21.7. The number of rotatable bonds is 4. The van der Waals surface area contributed by atoms with E-state index in [1.54, 1.807) is 0 Å². The third-order valence-electron chi connectivity index (χ3n) is 7.37. The van der Waals surface area contributed by atoms with E-state index in [0.29, 0.717) is 12.0 Å².